The molecule has 56 heavy (non-hydrogen) atoms. The zero-order chi connectivity index (χ0) is 43.2. The molecule has 1 heterocycles. The zero-order valence-electron chi connectivity index (χ0n) is 34.7. The number of carbonyl (C=O) groups excluding carboxylic acids is 1. The van der Waals surface area contributed by atoms with Gasteiger partial charge in [-0.1, -0.05) is 72.3 Å². The maximum Gasteiger partial charge on any atom is 0.333 e. The number of rotatable bonds is 23. The third kappa shape index (κ3) is 15.6. The summed E-state index contributed by atoms with van der Waals surface area (Å²) in [4.78, 5) is 12.5. The Balaban J connectivity index is 3.16. The molecule has 0 aromatic carbocycles. The van der Waals surface area contributed by atoms with Gasteiger partial charge in [0.05, 0.1) is 31.5 Å². The molecule has 15 heteroatoms. The Labute approximate surface area is 332 Å². The van der Waals surface area contributed by atoms with E-state index in [1.54, 1.807) is 33.8 Å². The molecule has 0 bridgehead atoms. The van der Waals surface area contributed by atoms with E-state index in [9.17, 15) is 55.9 Å². The molecule has 1 aliphatic heterocycles. The number of ether oxygens (including phenoxy) is 3. The first-order valence-corrected chi connectivity index (χ1v) is 19.6. The van der Waals surface area contributed by atoms with Crippen molar-refractivity contribution in [2.75, 3.05) is 19.8 Å². The highest BCUT2D eigenvalue weighted by molar-refractivity contribution is 5.87. The monoisotopic (exact) mass is 804 g/mol. The maximum atomic E-state index is 12.5. The molecule has 15 nitrogen and oxygen atoms in total. The van der Waals surface area contributed by atoms with Crippen LogP contribution in [0.1, 0.15) is 82.1 Å². The Bertz CT molecular complexity index is 1300. The summed E-state index contributed by atoms with van der Waals surface area (Å²) in [5.41, 5.74) is 2.06. The normalized spacial score (nSPS) is 28.3. The van der Waals surface area contributed by atoms with E-state index >= 15 is 0 Å². The third-order valence-corrected chi connectivity index (χ3v) is 10.6. The molecule has 326 valence electrons. The first kappa shape index (κ1) is 51.9. The SMILES string of the molecule is CC[C@H](C)C[C@H](C)/C=C(\C)[C@@H](O[C@@H]1O[C@H](CO)[C@@H](O)[C@H](O)[C@@H]1O)[C@@H](C)/C=C(\C)[C@@H](O)[C@@H](C)/C=C(\C)[C@@H](O)[C@@H](C)/C=C(\C)C(=O)OC[C@@H](O)[C@@H](O)[C@H](O)[C@H](O)CO. The molecule has 0 aromatic heterocycles. The van der Waals surface area contributed by atoms with E-state index < -0.39 is 111 Å². The van der Waals surface area contributed by atoms with Crippen molar-refractivity contribution in [1.82, 2.24) is 0 Å². The van der Waals surface area contributed by atoms with E-state index in [0.29, 0.717) is 17.1 Å². The highest BCUT2D eigenvalue weighted by Gasteiger charge is 2.45. The van der Waals surface area contributed by atoms with Crippen molar-refractivity contribution in [2.24, 2.45) is 29.6 Å². The van der Waals surface area contributed by atoms with Crippen molar-refractivity contribution < 1.29 is 75.2 Å². The van der Waals surface area contributed by atoms with Gasteiger partial charge in [-0.3, -0.25) is 0 Å². The van der Waals surface area contributed by atoms with E-state index in [0.717, 1.165) is 18.4 Å². The molecular weight excluding hydrogens is 732 g/mol. The fourth-order valence-corrected chi connectivity index (χ4v) is 6.91. The van der Waals surface area contributed by atoms with Gasteiger partial charge >= 0.3 is 5.97 Å². The molecule has 0 amide bonds. The van der Waals surface area contributed by atoms with Crippen molar-refractivity contribution in [3.05, 3.63) is 46.6 Å². The van der Waals surface area contributed by atoms with E-state index in [1.165, 1.54) is 13.0 Å². The van der Waals surface area contributed by atoms with Crippen LogP contribution in [0.15, 0.2) is 46.6 Å². The van der Waals surface area contributed by atoms with Crippen molar-refractivity contribution in [3.8, 4) is 0 Å². The van der Waals surface area contributed by atoms with Crippen molar-refractivity contribution >= 4 is 5.97 Å². The van der Waals surface area contributed by atoms with Crippen molar-refractivity contribution in [3.63, 3.8) is 0 Å². The quantitative estimate of drug-likeness (QED) is 0.0385. The predicted octanol–water partition coefficient (Wildman–Crippen LogP) is 0.638. The molecule has 17 atom stereocenters. The Morgan fingerprint density at radius 2 is 1.21 bits per heavy atom. The Morgan fingerprint density at radius 1 is 0.696 bits per heavy atom. The topological polar surface area (TPSA) is 267 Å². The van der Waals surface area contributed by atoms with Crippen LogP contribution in [-0.2, 0) is 19.0 Å². The lowest BCUT2D eigenvalue weighted by Gasteiger charge is -2.41. The van der Waals surface area contributed by atoms with Crippen LogP contribution in [0.5, 0.6) is 0 Å². The molecule has 0 saturated carbocycles. The lowest BCUT2D eigenvalue weighted by atomic mass is 9.87. The zero-order valence-corrected chi connectivity index (χ0v) is 34.7. The highest BCUT2D eigenvalue weighted by Crippen LogP contribution is 2.30. The molecule has 1 rings (SSSR count). The number of esters is 1. The minimum Gasteiger partial charge on any atom is -0.459 e. The number of allylic oxidation sites excluding steroid dienone is 1. The van der Waals surface area contributed by atoms with Crippen LogP contribution in [0.2, 0.25) is 0 Å². The average molecular weight is 805 g/mol. The summed E-state index contributed by atoms with van der Waals surface area (Å²) in [5, 5.41) is 112. The summed E-state index contributed by atoms with van der Waals surface area (Å²) in [6.07, 6.45) is -8.04. The van der Waals surface area contributed by atoms with E-state index in [2.05, 4.69) is 26.8 Å². The second-order valence-corrected chi connectivity index (χ2v) is 15.9. The second kappa shape index (κ2) is 24.7. The van der Waals surface area contributed by atoms with Gasteiger partial charge in [0.1, 0.15) is 55.4 Å². The van der Waals surface area contributed by atoms with Crippen LogP contribution in [-0.4, -0.2) is 155 Å². The van der Waals surface area contributed by atoms with Crippen molar-refractivity contribution in [2.45, 2.75) is 156 Å². The first-order valence-electron chi connectivity index (χ1n) is 19.6. The summed E-state index contributed by atoms with van der Waals surface area (Å²) in [6, 6.07) is 0. The van der Waals surface area contributed by atoms with Gasteiger partial charge in [-0.2, -0.15) is 0 Å². The number of aliphatic hydroxyl groups is 11. The molecular formula is C41H72O15. The molecule has 0 aliphatic carbocycles. The first-order chi connectivity index (χ1) is 26.0. The Kier molecular flexibility index (Phi) is 22.9. The fraction of sp³-hybridized carbons (Fsp3) is 0.780. The van der Waals surface area contributed by atoms with Gasteiger partial charge in [0.2, 0.25) is 0 Å². The summed E-state index contributed by atoms with van der Waals surface area (Å²) >= 11 is 0. The van der Waals surface area contributed by atoms with Crippen LogP contribution >= 0.6 is 0 Å². The Morgan fingerprint density at radius 3 is 1.73 bits per heavy atom. The molecule has 0 spiro atoms. The standard InChI is InChI=1S/C41H72O15/c1-11-20(2)12-21(3)13-26(8)39(56-41-38(52)37(51)36(50)31(18-43)55-41)27(9)15-24(6)32(46)22(4)14-23(5)33(47)25(7)16-28(10)40(53)54-19-30(45)35(49)34(48)29(44)17-42/h13-16,20-22,25,27,29-39,41-52H,11-12,17-19H2,1-10H3/b23-14+,24-15+,26-13+,28-16+/t20-,21-,22-,25-,27-,29+,30+,31+,32-,33+,34+,35+,36+,37-,38-,39+,41-/m0/s1. The van der Waals surface area contributed by atoms with E-state index in [4.69, 9.17) is 19.3 Å². The van der Waals surface area contributed by atoms with Gasteiger partial charge in [-0.05, 0) is 62.7 Å². The number of carbonyl (C=O) groups is 1. The molecule has 1 aliphatic rings. The molecule has 1 fully saturated rings. The fourth-order valence-electron chi connectivity index (χ4n) is 6.91. The molecule has 11 N–H and O–H groups in total. The molecule has 0 aromatic rings. The predicted molar refractivity (Wildman–Crippen MR) is 208 cm³/mol. The smallest absolute Gasteiger partial charge is 0.333 e. The van der Waals surface area contributed by atoms with Gasteiger partial charge in [-0.15, -0.1) is 0 Å². The van der Waals surface area contributed by atoms with E-state index in [-0.39, 0.29) is 17.4 Å². The van der Waals surface area contributed by atoms with Crippen LogP contribution in [0.25, 0.3) is 0 Å². The lowest BCUT2D eigenvalue weighted by Crippen LogP contribution is -2.60. The van der Waals surface area contributed by atoms with Gasteiger partial charge in [-0.25, -0.2) is 4.79 Å². The van der Waals surface area contributed by atoms with Gasteiger partial charge in [0.15, 0.2) is 6.29 Å². The van der Waals surface area contributed by atoms with Gasteiger partial charge < -0.3 is 70.4 Å². The lowest BCUT2D eigenvalue weighted by molar-refractivity contribution is -0.310. The molecule has 1 saturated heterocycles. The van der Waals surface area contributed by atoms with Crippen LogP contribution in [0.4, 0.5) is 0 Å². The van der Waals surface area contributed by atoms with Crippen LogP contribution in [0, 0.1) is 29.6 Å². The number of hydrogen-bond donors (Lipinski definition) is 11. The summed E-state index contributed by atoms with van der Waals surface area (Å²) in [5.74, 6) is -1.61. The minimum absolute atomic E-state index is 0.0990. The summed E-state index contributed by atoms with van der Waals surface area (Å²) < 4.78 is 17.0. The molecule has 0 radical (unpaired) electrons. The van der Waals surface area contributed by atoms with Crippen molar-refractivity contribution in [1.29, 1.82) is 0 Å². The number of hydrogen-bond acceptors (Lipinski definition) is 15. The van der Waals surface area contributed by atoms with Crippen LogP contribution in [0.3, 0.4) is 0 Å². The largest absolute Gasteiger partial charge is 0.459 e. The molecule has 0 unspecified atom stereocenters. The van der Waals surface area contributed by atoms with Gasteiger partial charge in [0.25, 0.3) is 0 Å². The highest BCUT2D eigenvalue weighted by atomic mass is 16.7. The minimum atomic E-state index is -1.89. The average Bonchev–Trinajstić information content (AvgIpc) is 3.16. The number of aliphatic hydroxyl groups excluding tert-OH is 11. The van der Waals surface area contributed by atoms with E-state index in [1.807, 2.05) is 19.9 Å². The summed E-state index contributed by atoms with van der Waals surface area (Å²) in [7, 11) is 0. The summed E-state index contributed by atoms with van der Waals surface area (Å²) in [6.45, 7) is 16.4. The Hall–Kier alpha value is -2.09. The van der Waals surface area contributed by atoms with Gasteiger partial charge in [0, 0.05) is 23.3 Å². The second-order valence-electron chi connectivity index (χ2n) is 15.9. The third-order valence-electron chi connectivity index (χ3n) is 10.6. The van der Waals surface area contributed by atoms with Crippen LogP contribution < -0.4 is 0 Å². The maximum absolute atomic E-state index is 12.5.